The molecule has 0 aromatic heterocycles. The van der Waals surface area contributed by atoms with E-state index in [1.54, 1.807) is 7.11 Å². The second-order valence-corrected chi connectivity index (χ2v) is 9.64. The normalized spacial score (nSPS) is 40.7. The zero-order chi connectivity index (χ0) is 19.9. The molecule has 4 aliphatic rings. The number of halogens is 1. The van der Waals surface area contributed by atoms with Crippen LogP contribution in [0.25, 0.3) is 0 Å². The summed E-state index contributed by atoms with van der Waals surface area (Å²) in [4.78, 5) is 0. The minimum atomic E-state index is -0.410. The Hall–Kier alpha value is -0.500. The Balaban J connectivity index is 1.36. The Bertz CT molecular complexity index is 694. The number of hydrogen-bond donors (Lipinski definition) is 0. The molecule has 2 heterocycles. The van der Waals surface area contributed by atoms with Crippen LogP contribution in [0.5, 0.6) is 0 Å². The molecule has 5 rings (SSSR count). The van der Waals surface area contributed by atoms with Crippen molar-refractivity contribution in [3.63, 3.8) is 0 Å². The summed E-state index contributed by atoms with van der Waals surface area (Å²) < 4.78 is 31.6. The first-order valence-electron chi connectivity index (χ1n) is 10.9. The van der Waals surface area contributed by atoms with Crippen LogP contribution in [0.15, 0.2) is 30.3 Å². The van der Waals surface area contributed by atoms with E-state index in [-0.39, 0.29) is 30.0 Å². The zero-order valence-electron chi connectivity index (χ0n) is 17.1. The SMILES string of the molecule is CO[C@@H]1O[C@H]([C@H]2COC3(CCCCC3)O2)[C@H](OCc2ccccc2)C12CC2CBr. The van der Waals surface area contributed by atoms with Gasteiger partial charge in [-0.15, -0.1) is 0 Å². The Morgan fingerprint density at radius 1 is 1.14 bits per heavy atom. The van der Waals surface area contributed by atoms with Gasteiger partial charge in [0.05, 0.1) is 24.7 Å². The van der Waals surface area contributed by atoms with Gasteiger partial charge in [0.25, 0.3) is 0 Å². The van der Waals surface area contributed by atoms with Crippen molar-refractivity contribution in [2.24, 2.45) is 11.3 Å². The van der Waals surface area contributed by atoms with Crippen LogP contribution in [0.2, 0.25) is 0 Å². The predicted octanol–water partition coefficient (Wildman–Crippen LogP) is 4.42. The van der Waals surface area contributed by atoms with E-state index in [0.717, 1.165) is 24.6 Å². The molecule has 6 heteroatoms. The van der Waals surface area contributed by atoms with Crippen molar-refractivity contribution in [2.45, 2.75) is 75.5 Å². The molecule has 1 aromatic carbocycles. The summed E-state index contributed by atoms with van der Waals surface area (Å²) in [6, 6.07) is 10.3. The Kier molecular flexibility index (Phi) is 5.78. The molecule has 2 aliphatic carbocycles. The molecule has 0 radical (unpaired) electrons. The highest BCUT2D eigenvalue weighted by molar-refractivity contribution is 9.09. The lowest BCUT2D eigenvalue weighted by atomic mass is 9.92. The molecule has 160 valence electrons. The van der Waals surface area contributed by atoms with E-state index >= 15 is 0 Å². The summed E-state index contributed by atoms with van der Waals surface area (Å²) in [7, 11) is 1.74. The third-order valence-corrected chi connectivity index (χ3v) is 8.06. The minimum absolute atomic E-state index is 0.0671. The van der Waals surface area contributed by atoms with Crippen LogP contribution < -0.4 is 0 Å². The van der Waals surface area contributed by atoms with Gasteiger partial charge in [-0.3, -0.25) is 0 Å². The third-order valence-electron chi connectivity index (χ3n) is 7.28. The molecule has 2 spiro atoms. The maximum absolute atomic E-state index is 6.57. The van der Waals surface area contributed by atoms with Gasteiger partial charge < -0.3 is 23.7 Å². The molecule has 6 atom stereocenters. The van der Waals surface area contributed by atoms with Gasteiger partial charge in [0, 0.05) is 25.3 Å². The standard InChI is InChI=1S/C23H31BrO5/c1-25-21-23(12-17(23)13-24)20(26-14-16-8-4-2-5-9-16)19(28-21)18-15-27-22(29-18)10-6-3-7-11-22/h2,4-5,8-9,17-21H,3,6-7,10-15H2,1H3/t17?,18-,19-,20+,21-,23?/m1/s1. The summed E-state index contributed by atoms with van der Waals surface area (Å²) in [5.74, 6) is 0.0802. The molecular weight excluding hydrogens is 436 g/mol. The van der Waals surface area contributed by atoms with Crippen LogP contribution in [0.3, 0.4) is 0 Å². The highest BCUT2D eigenvalue weighted by atomic mass is 79.9. The van der Waals surface area contributed by atoms with Crippen molar-refractivity contribution in [2.75, 3.05) is 19.0 Å². The first-order valence-corrected chi connectivity index (χ1v) is 12.0. The van der Waals surface area contributed by atoms with Crippen molar-refractivity contribution < 1.29 is 23.7 Å². The van der Waals surface area contributed by atoms with Gasteiger partial charge in [0.1, 0.15) is 12.2 Å². The lowest BCUT2D eigenvalue weighted by Crippen LogP contribution is -2.43. The largest absolute Gasteiger partial charge is 0.370 e. The lowest BCUT2D eigenvalue weighted by molar-refractivity contribution is -0.211. The molecule has 0 N–H and O–H groups in total. The van der Waals surface area contributed by atoms with Crippen LogP contribution in [-0.4, -0.2) is 49.4 Å². The van der Waals surface area contributed by atoms with Gasteiger partial charge in [-0.1, -0.05) is 52.7 Å². The van der Waals surface area contributed by atoms with E-state index < -0.39 is 5.79 Å². The molecule has 2 aliphatic heterocycles. The average molecular weight is 467 g/mol. The smallest absolute Gasteiger partial charge is 0.169 e. The average Bonchev–Trinajstić information content (AvgIpc) is 3.23. The molecule has 4 fully saturated rings. The van der Waals surface area contributed by atoms with E-state index in [1.807, 2.05) is 18.2 Å². The van der Waals surface area contributed by atoms with E-state index in [9.17, 15) is 0 Å². The maximum atomic E-state index is 6.57. The number of rotatable bonds is 6. The Labute approximate surface area is 181 Å². The van der Waals surface area contributed by atoms with Gasteiger partial charge in [-0.25, -0.2) is 0 Å². The summed E-state index contributed by atoms with van der Waals surface area (Å²) >= 11 is 3.68. The molecule has 2 unspecified atom stereocenters. The summed E-state index contributed by atoms with van der Waals surface area (Å²) in [5, 5.41) is 0.931. The van der Waals surface area contributed by atoms with Crippen molar-refractivity contribution in [3.8, 4) is 0 Å². The molecule has 0 amide bonds. The molecule has 29 heavy (non-hydrogen) atoms. The summed E-state index contributed by atoms with van der Waals surface area (Å²) in [5.41, 5.74) is 1.06. The third kappa shape index (κ3) is 3.60. The molecule has 2 saturated heterocycles. The monoisotopic (exact) mass is 466 g/mol. The van der Waals surface area contributed by atoms with Crippen LogP contribution in [0.1, 0.15) is 44.1 Å². The first-order chi connectivity index (χ1) is 14.2. The zero-order valence-corrected chi connectivity index (χ0v) is 18.6. The summed E-state index contributed by atoms with van der Waals surface area (Å²) in [6.45, 7) is 1.14. The van der Waals surface area contributed by atoms with E-state index in [1.165, 1.54) is 24.8 Å². The quantitative estimate of drug-likeness (QED) is 0.580. The number of alkyl halides is 1. The van der Waals surface area contributed by atoms with Crippen LogP contribution >= 0.6 is 15.9 Å². The van der Waals surface area contributed by atoms with Gasteiger partial charge in [-0.05, 0) is 30.7 Å². The highest BCUT2D eigenvalue weighted by Gasteiger charge is 2.72. The topological polar surface area (TPSA) is 46.2 Å². The van der Waals surface area contributed by atoms with Gasteiger partial charge in [0.15, 0.2) is 12.1 Å². The Morgan fingerprint density at radius 2 is 1.93 bits per heavy atom. The Morgan fingerprint density at radius 3 is 2.62 bits per heavy atom. The van der Waals surface area contributed by atoms with Crippen LogP contribution in [0, 0.1) is 11.3 Å². The fourth-order valence-electron chi connectivity index (χ4n) is 5.64. The number of methoxy groups -OCH3 is 1. The van der Waals surface area contributed by atoms with Crippen LogP contribution in [0.4, 0.5) is 0 Å². The highest BCUT2D eigenvalue weighted by Crippen LogP contribution is 2.65. The second kappa shape index (κ2) is 8.21. The fourth-order valence-corrected chi connectivity index (χ4v) is 6.48. The molecular formula is C23H31BrO5. The van der Waals surface area contributed by atoms with Crippen molar-refractivity contribution in [3.05, 3.63) is 35.9 Å². The molecule has 1 aromatic rings. The van der Waals surface area contributed by atoms with Crippen molar-refractivity contribution >= 4 is 15.9 Å². The number of hydrogen-bond acceptors (Lipinski definition) is 5. The molecule has 5 nitrogen and oxygen atoms in total. The van der Waals surface area contributed by atoms with Gasteiger partial charge in [0.2, 0.25) is 0 Å². The van der Waals surface area contributed by atoms with E-state index in [2.05, 4.69) is 28.1 Å². The van der Waals surface area contributed by atoms with Crippen molar-refractivity contribution in [1.82, 2.24) is 0 Å². The number of ether oxygens (including phenoxy) is 5. The first kappa shape index (κ1) is 20.4. The predicted molar refractivity (Wildman–Crippen MR) is 112 cm³/mol. The second-order valence-electron chi connectivity index (χ2n) is 8.99. The van der Waals surface area contributed by atoms with Crippen molar-refractivity contribution in [1.29, 1.82) is 0 Å². The lowest BCUT2D eigenvalue weighted by Gasteiger charge is -2.33. The van der Waals surface area contributed by atoms with Gasteiger partial charge >= 0.3 is 0 Å². The summed E-state index contributed by atoms with van der Waals surface area (Å²) in [6.07, 6.45) is 6.00. The fraction of sp³-hybridized carbons (Fsp3) is 0.739. The maximum Gasteiger partial charge on any atom is 0.169 e. The van der Waals surface area contributed by atoms with Gasteiger partial charge in [-0.2, -0.15) is 0 Å². The molecule has 2 saturated carbocycles. The number of benzene rings is 1. The van der Waals surface area contributed by atoms with Crippen LogP contribution in [-0.2, 0) is 30.3 Å². The molecule has 0 bridgehead atoms. The van der Waals surface area contributed by atoms with E-state index in [0.29, 0.717) is 19.1 Å². The van der Waals surface area contributed by atoms with E-state index in [4.69, 9.17) is 23.7 Å². The minimum Gasteiger partial charge on any atom is -0.370 e.